The van der Waals surface area contributed by atoms with Crippen molar-refractivity contribution in [2.45, 2.75) is 38.1 Å². The molecule has 8 nitrogen and oxygen atoms in total. The molecule has 1 amide bonds. The first kappa shape index (κ1) is 22.9. The van der Waals surface area contributed by atoms with Gasteiger partial charge in [-0.15, -0.1) is 0 Å². The first-order valence-corrected chi connectivity index (χ1v) is 12.1. The first-order chi connectivity index (χ1) is 15.7. The molecule has 33 heavy (non-hydrogen) atoms. The second kappa shape index (κ2) is 8.92. The maximum absolute atomic E-state index is 12.5. The number of nitrogens with one attached hydrogen (secondary N) is 1. The fourth-order valence-corrected chi connectivity index (χ4v) is 4.76. The van der Waals surface area contributed by atoms with E-state index in [2.05, 4.69) is 10.4 Å². The number of hydrogen-bond donors (Lipinski definition) is 1. The molecule has 0 spiro atoms. The highest BCUT2D eigenvalue weighted by atomic mass is 32.2. The normalized spacial score (nSPS) is 12.0. The standard InChI is InChI=1S/C24H27N5O3S/c1-16-20(17(2)29-24(26-16)21-7-5-6-8-22(21)27-29)13-14-23(30)25-15-18-9-11-19(12-10-18)33(31,32)28(3)4/h5-12H,13-15H2,1-4H3,(H,25,30). The van der Waals surface area contributed by atoms with Gasteiger partial charge in [-0.2, -0.15) is 5.10 Å². The number of aryl methyl sites for hydroxylation is 2. The zero-order chi connectivity index (χ0) is 23.8. The predicted molar refractivity (Wildman–Crippen MR) is 127 cm³/mol. The maximum Gasteiger partial charge on any atom is 0.242 e. The van der Waals surface area contributed by atoms with Crippen LogP contribution < -0.4 is 5.32 Å². The lowest BCUT2D eigenvalue weighted by atomic mass is 10.1. The van der Waals surface area contributed by atoms with Crippen molar-refractivity contribution < 1.29 is 13.2 Å². The van der Waals surface area contributed by atoms with Gasteiger partial charge in [0.1, 0.15) is 0 Å². The summed E-state index contributed by atoms with van der Waals surface area (Å²) in [4.78, 5) is 17.5. The Morgan fingerprint density at radius 2 is 1.76 bits per heavy atom. The predicted octanol–water partition coefficient (Wildman–Crippen LogP) is 3.00. The molecule has 0 unspecified atom stereocenters. The van der Waals surface area contributed by atoms with E-state index < -0.39 is 10.0 Å². The fraction of sp³-hybridized carbons (Fsp3) is 0.292. The van der Waals surface area contributed by atoms with Gasteiger partial charge in [0.25, 0.3) is 0 Å². The molecule has 0 saturated carbocycles. The van der Waals surface area contributed by atoms with Gasteiger partial charge in [-0.25, -0.2) is 22.2 Å². The highest BCUT2D eigenvalue weighted by Crippen LogP contribution is 2.23. The summed E-state index contributed by atoms with van der Waals surface area (Å²) >= 11 is 0. The molecule has 2 heterocycles. The molecule has 0 aliphatic heterocycles. The van der Waals surface area contributed by atoms with E-state index in [9.17, 15) is 13.2 Å². The van der Waals surface area contributed by atoms with Crippen molar-refractivity contribution >= 4 is 32.5 Å². The lowest BCUT2D eigenvalue weighted by Crippen LogP contribution is -2.24. The van der Waals surface area contributed by atoms with E-state index >= 15 is 0 Å². The summed E-state index contributed by atoms with van der Waals surface area (Å²) in [6.45, 7) is 4.30. The minimum absolute atomic E-state index is 0.0792. The van der Waals surface area contributed by atoms with E-state index in [0.717, 1.165) is 39.1 Å². The summed E-state index contributed by atoms with van der Waals surface area (Å²) in [5, 5.41) is 8.58. The Balaban J connectivity index is 1.41. The summed E-state index contributed by atoms with van der Waals surface area (Å²) in [7, 11) is -0.474. The third-order valence-electron chi connectivity index (χ3n) is 5.81. The van der Waals surface area contributed by atoms with Gasteiger partial charge in [0, 0.05) is 43.8 Å². The molecule has 0 atom stereocenters. The van der Waals surface area contributed by atoms with Crippen molar-refractivity contribution in [2.75, 3.05) is 14.1 Å². The average Bonchev–Trinajstić information content (AvgIpc) is 3.16. The number of aromatic nitrogens is 3. The highest BCUT2D eigenvalue weighted by Gasteiger charge is 2.17. The smallest absolute Gasteiger partial charge is 0.242 e. The Labute approximate surface area is 193 Å². The van der Waals surface area contributed by atoms with E-state index in [1.165, 1.54) is 18.4 Å². The Kier molecular flexibility index (Phi) is 6.18. The second-order valence-electron chi connectivity index (χ2n) is 8.22. The molecule has 9 heteroatoms. The molecule has 2 aromatic carbocycles. The summed E-state index contributed by atoms with van der Waals surface area (Å²) in [6, 6.07) is 14.4. The molecule has 4 rings (SSSR count). The van der Waals surface area contributed by atoms with E-state index in [1.54, 1.807) is 24.3 Å². The largest absolute Gasteiger partial charge is 0.352 e. The van der Waals surface area contributed by atoms with Crippen molar-refractivity contribution in [1.29, 1.82) is 0 Å². The third-order valence-corrected chi connectivity index (χ3v) is 7.64. The number of amides is 1. The van der Waals surface area contributed by atoms with Crippen LogP contribution in [0.1, 0.15) is 28.9 Å². The van der Waals surface area contributed by atoms with Crippen LogP contribution in [0.4, 0.5) is 0 Å². The molecule has 4 aromatic rings. The summed E-state index contributed by atoms with van der Waals surface area (Å²) in [6.07, 6.45) is 0.880. The lowest BCUT2D eigenvalue weighted by Gasteiger charge is -2.12. The van der Waals surface area contributed by atoms with Crippen LogP contribution in [0.5, 0.6) is 0 Å². The molecule has 0 aliphatic carbocycles. The molecular weight excluding hydrogens is 438 g/mol. The van der Waals surface area contributed by atoms with E-state index in [-0.39, 0.29) is 10.8 Å². The van der Waals surface area contributed by atoms with Crippen molar-refractivity contribution in [2.24, 2.45) is 0 Å². The molecule has 0 bridgehead atoms. The van der Waals surface area contributed by atoms with Gasteiger partial charge in [-0.3, -0.25) is 4.79 Å². The lowest BCUT2D eigenvalue weighted by molar-refractivity contribution is -0.121. The Bertz CT molecular complexity index is 1440. The van der Waals surface area contributed by atoms with E-state index in [1.807, 2.05) is 42.6 Å². The minimum atomic E-state index is -3.46. The van der Waals surface area contributed by atoms with Crippen LogP contribution in [-0.2, 0) is 27.8 Å². The molecular formula is C24H27N5O3S. The number of carbonyl (C=O) groups excluding carboxylic acids is 1. The maximum atomic E-state index is 12.5. The van der Waals surface area contributed by atoms with Crippen LogP contribution in [0.15, 0.2) is 53.4 Å². The van der Waals surface area contributed by atoms with Gasteiger partial charge < -0.3 is 5.32 Å². The van der Waals surface area contributed by atoms with Crippen molar-refractivity contribution in [3.05, 3.63) is 71.0 Å². The van der Waals surface area contributed by atoms with Gasteiger partial charge >= 0.3 is 0 Å². The van der Waals surface area contributed by atoms with Gasteiger partial charge in [0.05, 0.1) is 10.4 Å². The summed E-state index contributed by atoms with van der Waals surface area (Å²) in [5.41, 5.74) is 5.46. The Morgan fingerprint density at radius 1 is 1.06 bits per heavy atom. The van der Waals surface area contributed by atoms with Crippen LogP contribution in [0.3, 0.4) is 0 Å². The number of rotatable bonds is 7. The zero-order valence-corrected chi connectivity index (χ0v) is 20.0. The Hall–Kier alpha value is -3.30. The van der Waals surface area contributed by atoms with Crippen LogP contribution in [0.25, 0.3) is 16.6 Å². The second-order valence-corrected chi connectivity index (χ2v) is 10.4. The average molecular weight is 466 g/mol. The van der Waals surface area contributed by atoms with E-state index in [4.69, 9.17) is 4.98 Å². The molecule has 1 N–H and O–H groups in total. The number of sulfonamides is 1. The third kappa shape index (κ3) is 4.46. The highest BCUT2D eigenvalue weighted by molar-refractivity contribution is 7.89. The Morgan fingerprint density at radius 3 is 2.45 bits per heavy atom. The number of carbonyl (C=O) groups is 1. The summed E-state index contributed by atoms with van der Waals surface area (Å²) < 4.78 is 27.4. The molecule has 172 valence electrons. The van der Waals surface area contributed by atoms with Gasteiger partial charge in [0.2, 0.25) is 15.9 Å². The van der Waals surface area contributed by atoms with Crippen molar-refractivity contribution in [3.63, 3.8) is 0 Å². The molecule has 2 aromatic heterocycles. The molecule has 0 radical (unpaired) electrons. The number of fused-ring (bicyclic) bond motifs is 3. The van der Waals surface area contributed by atoms with Gasteiger partial charge in [-0.1, -0.05) is 24.3 Å². The van der Waals surface area contributed by atoms with Crippen molar-refractivity contribution in [3.8, 4) is 0 Å². The minimum Gasteiger partial charge on any atom is -0.352 e. The molecule has 0 fully saturated rings. The van der Waals surface area contributed by atoms with Crippen molar-refractivity contribution in [1.82, 2.24) is 24.2 Å². The van der Waals surface area contributed by atoms with Gasteiger partial charge in [0.15, 0.2) is 5.65 Å². The quantitative estimate of drug-likeness (QED) is 0.453. The fourth-order valence-electron chi connectivity index (χ4n) is 3.86. The van der Waals surface area contributed by atoms with Crippen LogP contribution in [0, 0.1) is 13.8 Å². The van der Waals surface area contributed by atoms with Gasteiger partial charge in [-0.05, 0) is 55.7 Å². The molecule has 0 saturated heterocycles. The number of nitrogens with zero attached hydrogens (tertiary/aromatic N) is 4. The zero-order valence-electron chi connectivity index (χ0n) is 19.2. The van der Waals surface area contributed by atoms with Crippen LogP contribution in [-0.4, -0.2) is 47.3 Å². The monoisotopic (exact) mass is 465 g/mol. The summed E-state index contributed by atoms with van der Waals surface area (Å²) in [5.74, 6) is -0.0792. The molecule has 0 aliphatic rings. The van der Waals surface area contributed by atoms with Crippen LogP contribution in [0.2, 0.25) is 0 Å². The topological polar surface area (TPSA) is 96.7 Å². The van der Waals surface area contributed by atoms with Crippen LogP contribution >= 0.6 is 0 Å². The van der Waals surface area contributed by atoms with E-state index in [0.29, 0.717) is 19.4 Å². The SMILES string of the molecule is Cc1nc2c3ccccc3nn2c(C)c1CCC(=O)NCc1ccc(S(=O)(=O)N(C)C)cc1. The number of hydrogen-bond acceptors (Lipinski definition) is 5. The first-order valence-electron chi connectivity index (χ1n) is 10.7. The number of benzene rings is 2.